The molecular weight excluding hydrogens is 906 g/mol. The number of sulfonamides is 1. The second-order valence-corrected chi connectivity index (χ2v) is 21.6. The minimum absolute atomic E-state index is 0.0163. The van der Waals surface area contributed by atoms with Crippen molar-refractivity contribution in [3.05, 3.63) is 111 Å². The Kier molecular flexibility index (Phi) is 12.9. The van der Waals surface area contributed by atoms with E-state index in [2.05, 4.69) is 55.7 Å². The van der Waals surface area contributed by atoms with Gasteiger partial charge in [-0.15, -0.1) is 0 Å². The van der Waals surface area contributed by atoms with E-state index in [4.69, 9.17) is 26.1 Å². The van der Waals surface area contributed by atoms with Crippen molar-refractivity contribution in [2.24, 2.45) is 5.41 Å². The number of hydrogen-bond donors (Lipinski definition) is 3. The van der Waals surface area contributed by atoms with E-state index in [0.717, 1.165) is 113 Å². The summed E-state index contributed by atoms with van der Waals surface area (Å²) in [6, 6.07) is 21.7. The number of carbonyl (C=O) groups is 1. The molecule has 0 spiro atoms. The molecule has 3 saturated heterocycles. The number of hydrogen-bond acceptors (Lipinski definition) is 13. The fourth-order valence-corrected chi connectivity index (χ4v) is 11.4. The first-order valence-electron chi connectivity index (χ1n) is 23.7. The lowest BCUT2D eigenvalue weighted by molar-refractivity contribution is -0.384. The molecular formula is C50H58ClN9O7S. The summed E-state index contributed by atoms with van der Waals surface area (Å²) in [6.07, 6.45) is 7.18. The number of ether oxygens (including phenoxy) is 2. The maximum absolute atomic E-state index is 14.5. The van der Waals surface area contributed by atoms with Gasteiger partial charge < -0.3 is 29.6 Å². The number of rotatable bonds is 12. The molecule has 1 amide bonds. The van der Waals surface area contributed by atoms with Gasteiger partial charge in [0.2, 0.25) is 5.88 Å². The van der Waals surface area contributed by atoms with Gasteiger partial charge in [0.05, 0.1) is 46.9 Å². The Balaban J connectivity index is 0.904. The maximum atomic E-state index is 14.5. The summed E-state index contributed by atoms with van der Waals surface area (Å²) >= 11 is 6.28. The lowest BCUT2D eigenvalue weighted by Crippen LogP contribution is -2.53. The molecule has 0 radical (unpaired) electrons. The number of carbonyl (C=O) groups excluding carboxylic acids is 1. The van der Waals surface area contributed by atoms with Crippen molar-refractivity contribution in [3.8, 4) is 5.88 Å². The van der Waals surface area contributed by atoms with Crippen LogP contribution in [-0.2, 0) is 14.8 Å². The van der Waals surface area contributed by atoms with Crippen LogP contribution >= 0.6 is 11.6 Å². The van der Waals surface area contributed by atoms with Gasteiger partial charge in [0, 0.05) is 86.8 Å². The van der Waals surface area contributed by atoms with Crippen LogP contribution in [-0.4, -0.2) is 123 Å². The smallest absolute Gasteiger partial charge is 0.293 e. The number of nitro benzene ring substituents is 1. The highest BCUT2D eigenvalue weighted by Crippen LogP contribution is 2.44. The molecule has 4 aliphatic heterocycles. The Bertz CT molecular complexity index is 2850. The van der Waals surface area contributed by atoms with E-state index < -0.39 is 20.9 Å². The van der Waals surface area contributed by atoms with E-state index >= 15 is 0 Å². The number of anilines is 4. The zero-order valence-electron chi connectivity index (χ0n) is 38.5. The average Bonchev–Trinajstić information content (AvgIpc) is 3.67. The van der Waals surface area contributed by atoms with E-state index in [-0.39, 0.29) is 33.3 Å². The summed E-state index contributed by atoms with van der Waals surface area (Å²) in [5, 5.41) is 17.3. The van der Waals surface area contributed by atoms with Crippen LogP contribution in [0.1, 0.15) is 68.3 Å². The fraction of sp³-hybridized carbons (Fsp3) is 0.440. The number of allylic oxidation sites excluding steroid dienone is 1. The molecule has 2 aromatic heterocycles. The summed E-state index contributed by atoms with van der Waals surface area (Å²) in [7, 11) is -4.58. The van der Waals surface area contributed by atoms with Crippen LogP contribution in [0.25, 0.3) is 16.6 Å². The summed E-state index contributed by atoms with van der Waals surface area (Å²) in [5.74, 6) is -0.471. The number of aromatic nitrogens is 2. The Morgan fingerprint density at radius 1 is 0.956 bits per heavy atom. The third-order valence-electron chi connectivity index (χ3n) is 14.3. The van der Waals surface area contributed by atoms with Crippen molar-refractivity contribution in [3.63, 3.8) is 0 Å². The maximum Gasteiger partial charge on any atom is 0.293 e. The van der Waals surface area contributed by atoms with Crippen molar-refractivity contribution in [1.82, 2.24) is 24.5 Å². The standard InChI is InChI=1S/C50H58ClN9O7S/c1-50(2)16-12-35(42(29-50)33-4-6-36(51)7-5-33)30-56-21-23-58(24-22-56)38-8-10-41(44(27-38)59-18-3-25-67-49-46(59)26-34-13-17-52-47(34)54-49)48(61)55-68(64,65)40-9-11-43(45(28-40)60(62)63)53-37-14-19-57(20-15-37)39-31-66-32-39/h4-11,13,17,26-28,37,39,53H,3,12,14-16,18-25,29-32H2,1-2H3,(H,52,54)(H,55,61). The highest BCUT2D eigenvalue weighted by molar-refractivity contribution is 7.90. The van der Waals surface area contributed by atoms with Crippen LogP contribution in [0.4, 0.5) is 28.4 Å². The number of aromatic amines is 1. The van der Waals surface area contributed by atoms with Crippen LogP contribution in [0.2, 0.25) is 5.02 Å². The summed E-state index contributed by atoms with van der Waals surface area (Å²) in [5.41, 5.74) is 7.02. The minimum atomic E-state index is -4.58. The van der Waals surface area contributed by atoms with Gasteiger partial charge in [0.15, 0.2) is 0 Å². The second kappa shape index (κ2) is 19.0. The highest BCUT2D eigenvalue weighted by Gasteiger charge is 2.34. The van der Waals surface area contributed by atoms with Crippen LogP contribution in [0.5, 0.6) is 5.88 Å². The number of benzene rings is 3. The van der Waals surface area contributed by atoms with Crippen molar-refractivity contribution >= 4 is 72.6 Å². The highest BCUT2D eigenvalue weighted by atomic mass is 35.5. The SMILES string of the molecule is CC1(C)CCC(CN2CCN(c3ccc(C(=O)NS(=O)(=O)c4ccc(NC5CCN(C6COC6)CC5)c([N+](=O)[O-])c4)c(N4CCCOc5nc6[nH]ccc6cc54)c3)CC2)=C(c2ccc(Cl)cc2)C1. The third kappa shape index (κ3) is 9.77. The molecule has 0 bridgehead atoms. The van der Waals surface area contributed by atoms with Gasteiger partial charge in [-0.25, -0.2) is 13.1 Å². The van der Waals surface area contributed by atoms with E-state index in [0.29, 0.717) is 48.5 Å². The molecule has 16 nitrogen and oxygen atoms in total. The molecule has 1 aliphatic carbocycles. The minimum Gasteiger partial charge on any atom is -0.476 e. The van der Waals surface area contributed by atoms with Crippen molar-refractivity contribution in [2.45, 2.75) is 69.4 Å². The largest absolute Gasteiger partial charge is 0.476 e. The predicted molar refractivity (Wildman–Crippen MR) is 265 cm³/mol. The van der Waals surface area contributed by atoms with Crippen LogP contribution < -0.4 is 24.6 Å². The molecule has 5 aromatic rings. The van der Waals surface area contributed by atoms with Crippen molar-refractivity contribution in [1.29, 1.82) is 0 Å². The molecule has 3 N–H and O–H groups in total. The van der Waals surface area contributed by atoms with E-state index in [9.17, 15) is 23.3 Å². The van der Waals surface area contributed by atoms with E-state index in [1.807, 2.05) is 41.3 Å². The fourth-order valence-electron chi connectivity index (χ4n) is 10.3. The van der Waals surface area contributed by atoms with Gasteiger partial charge in [-0.2, -0.15) is 4.98 Å². The van der Waals surface area contributed by atoms with Gasteiger partial charge in [0.25, 0.3) is 21.6 Å². The zero-order valence-corrected chi connectivity index (χ0v) is 40.1. The lowest BCUT2D eigenvalue weighted by Gasteiger charge is -2.41. The number of likely N-dealkylation sites (tertiary alicyclic amines) is 1. The second-order valence-electron chi connectivity index (χ2n) is 19.5. The molecule has 0 atom stereocenters. The number of amides is 1. The van der Waals surface area contributed by atoms with Gasteiger partial charge in [0.1, 0.15) is 17.0 Å². The topological polar surface area (TPSA) is 179 Å². The predicted octanol–water partition coefficient (Wildman–Crippen LogP) is 8.22. The summed E-state index contributed by atoms with van der Waals surface area (Å²) < 4.78 is 41.9. The molecule has 10 rings (SSSR count). The quantitative estimate of drug-likeness (QED) is 0.0806. The van der Waals surface area contributed by atoms with Gasteiger partial charge >= 0.3 is 0 Å². The Morgan fingerprint density at radius 3 is 2.47 bits per heavy atom. The first kappa shape index (κ1) is 46.0. The number of nitrogens with zero attached hydrogens (tertiary/aromatic N) is 6. The molecule has 6 heterocycles. The first-order chi connectivity index (χ1) is 32.8. The molecule has 3 fully saturated rings. The molecule has 0 saturated carbocycles. The number of piperidine rings is 1. The van der Waals surface area contributed by atoms with Gasteiger partial charge in [-0.3, -0.25) is 24.7 Å². The van der Waals surface area contributed by atoms with E-state index in [1.54, 1.807) is 12.3 Å². The number of piperazine rings is 1. The molecule has 0 unspecified atom stereocenters. The molecule has 18 heteroatoms. The molecule has 358 valence electrons. The van der Waals surface area contributed by atoms with Crippen LogP contribution in [0.3, 0.4) is 0 Å². The van der Waals surface area contributed by atoms with Crippen LogP contribution in [0, 0.1) is 15.5 Å². The average molecular weight is 965 g/mol. The molecule has 3 aromatic carbocycles. The number of nitro groups is 1. The van der Waals surface area contributed by atoms with Gasteiger partial charge in [-0.1, -0.05) is 43.2 Å². The number of fused-ring (bicyclic) bond motifs is 2. The Morgan fingerprint density at radius 2 is 1.74 bits per heavy atom. The van der Waals surface area contributed by atoms with Crippen molar-refractivity contribution in [2.75, 3.05) is 87.3 Å². The van der Waals surface area contributed by atoms with E-state index in [1.165, 1.54) is 28.8 Å². The lowest BCUT2D eigenvalue weighted by atomic mass is 9.72. The van der Waals surface area contributed by atoms with Crippen LogP contribution in [0.15, 0.2) is 89.5 Å². The van der Waals surface area contributed by atoms with Crippen molar-refractivity contribution < 1.29 is 27.6 Å². The molecule has 68 heavy (non-hydrogen) atoms. The normalized spacial score (nSPS) is 19.8. The summed E-state index contributed by atoms with van der Waals surface area (Å²) in [6.45, 7) is 12.7. The number of pyridine rings is 1. The first-order valence-corrected chi connectivity index (χ1v) is 25.5. The monoisotopic (exact) mass is 963 g/mol. The molecule has 5 aliphatic rings. The zero-order chi connectivity index (χ0) is 47.2. The van der Waals surface area contributed by atoms with Gasteiger partial charge in [-0.05, 0) is 110 Å². The summed E-state index contributed by atoms with van der Waals surface area (Å²) in [4.78, 5) is 43.0. The Hall–Kier alpha value is -5.72. The number of nitrogens with one attached hydrogen (secondary N) is 3. The third-order valence-corrected chi connectivity index (χ3v) is 15.9. The number of H-pyrrole nitrogens is 1. The Labute approximate surface area is 401 Å². The number of halogens is 1.